The summed E-state index contributed by atoms with van der Waals surface area (Å²) in [5.41, 5.74) is 0.968. The molecule has 0 amide bonds. The average molecular weight is 436 g/mol. The molecule has 8 heteroatoms. The fourth-order valence-electron chi connectivity index (χ4n) is 3.97. The van der Waals surface area contributed by atoms with E-state index in [2.05, 4.69) is 0 Å². The van der Waals surface area contributed by atoms with Gasteiger partial charge in [0.2, 0.25) is 10.0 Å². The molecule has 2 aromatic rings. The topological polar surface area (TPSA) is 72.9 Å². The van der Waals surface area contributed by atoms with E-state index >= 15 is 0 Å². The van der Waals surface area contributed by atoms with Gasteiger partial charge in [0, 0.05) is 25.9 Å². The van der Waals surface area contributed by atoms with Gasteiger partial charge in [-0.1, -0.05) is 17.7 Å². The summed E-state index contributed by atoms with van der Waals surface area (Å²) in [6, 6.07) is 10.0. The summed E-state index contributed by atoms with van der Waals surface area (Å²) in [4.78, 5) is 12.8. The first-order valence-corrected chi connectivity index (χ1v) is 11.2. The number of carbonyl (C=O) groups is 1. The van der Waals surface area contributed by atoms with Crippen molar-refractivity contribution in [2.24, 2.45) is 0 Å². The van der Waals surface area contributed by atoms with Crippen molar-refractivity contribution in [3.8, 4) is 11.5 Å². The summed E-state index contributed by atoms with van der Waals surface area (Å²) in [6.07, 6.45) is 1.18. The second-order valence-electron chi connectivity index (χ2n) is 7.59. The minimum Gasteiger partial charge on any atom is -0.495 e. The number of hydrogen-bond donors (Lipinski definition) is 0. The van der Waals surface area contributed by atoms with E-state index in [1.165, 1.54) is 23.5 Å². The first-order chi connectivity index (χ1) is 13.7. The van der Waals surface area contributed by atoms with Gasteiger partial charge in [0.15, 0.2) is 5.78 Å². The predicted molar refractivity (Wildman–Crippen MR) is 109 cm³/mol. The van der Waals surface area contributed by atoms with E-state index in [0.717, 1.165) is 5.56 Å². The summed E-state index contributed by atoms with van der Waals surface area (Å²) in [6.45, 7) is 2.51. The molecule has 1 saturated heterocycles. The van der Waals surface area contributed by atoms with Crippen LogP contribution in [0.3, 0.4) is 0 Å². The summed E-state index contributed by atoms with van der Waals surface area (Å²) in [5, 5.41) is 0.246. The second-order valence-corrected chi connectivity index (χ2v) is 9.93. The van der Waals surface area contributed by atoms with Crippen LogP contribution in [-0.2, 0) is 10.0 Å². The van der Waals surface area contributed by atoms with Crippen molar-refractivity contribution in [1.82, 2.24) is 4.31 Å². The lowest BCUT2D eigenvalue weighted by Gasteiger charge is -2.43. The van der Waals surface area contributed by atoms with E-state index in [1.54, 1.807) is 12.1 Å². The Kier molecular flexibility index (Phi) is 5.09. The molecule has 2 aliphatic heterocycles. The van der Waals surface area contributed by atoms with Gasteiger partial charge in [-0.2, -0.15) is 4.31 Å². The van der Waals surface area contributed by atoms with Crippen molar-refractivity contribution in [2.45, 2.75) is 36.7 Å². The number of fused-ring (bicyclic) bond motifs is 1. The number of nitrogens with zero attached hydrogens (tertiary/aromatic N) is 1. The molecular weight excluding hydrogens is 414 g/mol. The molecule has 0 radical (unpaired) electrons. The minimum absolute atomic E-state index is 0.0458. The fraction of sp³-hybridized carbons (Fsp3) is 0.381. The highest BCUT2D eigenvalue weighted by atomic mass is 35.5. The first kappa shape index (κ1) is 20.2. The Balaban J connectivity index is 1.53. The number of ether oxygens (including phenoxy) is 2. The Hall–Kier alpha value is -2.09. The third-order valence-corrected chi connectivity index (χ3v) is 7.83. The van der Waals surface area contributed by atoms with Crippen molar-refractivity contribution < 1.29 is 22.7 Å². The zero-order valence-corrected chi connectivity index (χ0v) is 17.8. The molecule has 1 spiro atoms. The van der Waals surface area contributed by atoms with Crippen molar-refractivity contribution in [1.29, 1.82) is 0 Å². The Bertz CT molecular complexity index is 1070. The molecule has 0 saturated carbocycles. The maximum absolute atomic E-state index is 13.0. The monoisotopic (exact) mass is 435 g/mol. The average Bonchev–Trinajstić information content (AvgIpc) is 2.67. The molecule has 0 N–H and O–H groups in total. The zero-order chi connectivity index (χ0) is 20.8. The molecule has 0 bridgehead atoms. The Morgan fingerprint density at radius 2 is 1.86 bits per heavy atom. The zero-order valence-electron chi connectivity index (χ0n) is 16.3. The number of ketones is 1. The van der Waals surface area contributed by atoms with Crippen LogP contribution < -0.4 is 9.47 Å². The SMILES string of the molecule is COc1ccc(S(=O)(=O)N2CCC3(CC2)CC(=O)c2ccc(C)cc2O3)cc1Cl. The van der Waals surface area contributed by atoms with E-state index in [0.29, 0.717) is 29.9 Å². The molecule has 4 rings (SSSR count). The largest absolute Gasteiger partial charge is 0.495 e. The van der Waals surface area contributed by atoms with Crippen molar-refractivity contribution in [2.75, 3.05) is 20.2 Å². The lowest BCUT2D eigenvalue weighted by atomic mass is 9.83. The number of sulfonamides is 1. The van der Waals surface area contributed by atoms with Crippen molar-refractivity contribution in [3.05, 3.63) is 52.5 Å². The van der Waals surface area contributed by atoms with Crippen LogP contribution in [0.15, 0.2) is 41.3 Å². The van der Waals surface area contributed by atoms with Crippen LogP contribution in [0.2, 0.25) is 5.02 Å². The van der Waals surface area contributed by atoms with Crippen LogP contribution in [-0.4, -0.2) is 44.3 Å². The highest BCUT2D eigenvalue weighted by Gasteiger charge is 2.45. The fourth-order valence-corrected chi connectivity index (χ4v) is 5.76. The first-order valence-electron chi connectivity index (χ1n) is 9.41. The molecule has 0 atom stereocenters. The van der Waals surface area contributed by atoms with E-state index in [9.17, 15) is 13.2 Å². The Morgan fingerprint density at radius 3 is 2.52 bits per heavy atom. The van der Waals surface area contributed by atoms with E-state index in [1.807, 2.05) is 19.1 Å². The van der Waals surface area contributed by atoms with Crippen LogP contribution >= 0.6 is 11.6 Å². The lowest BCUT2D eigenvalue weighted by Crippen LogP contribution is -2.52. The number of piperidine rings is 1. The van der Waals surface area contributed by atoms with Gasteiger partial charge < -0.3 is 9.47 Å². The number of halogens is 1. The molecule has 0 aliphatic carbocycles. The number of Topliss-reactive ketones (excluding diaryl/α,β-unsaturated/α-hetero) is 1. The predicted octanol–water partition coefficient (Wildman–Crippen LogP) is 3.85. The van der Waals surface area contributed by atoms with Crippen molar-refractivity contribution in [3.63, 3.8) is 0 Å². The lowest BCUT2D eigenvalue weighted by molar-refractivity contribution is 0.00588. The maximum Gasteiger partial charge on any atom is 0.243 e. The van der Waals surface area contributed by atoms with Gasteiger partial charge in [0.25, 0.3) is 0 Å². The summed E-state index contributed by atoms with van der Waals surface area (Å²) < 4.78 is 38.8. The Labute approximate surface area is 175 Å². The second kappa shape index (κ2) is 7.31. The molecule has 154 valence electrons. The van der Waals surface area contributed by atoms with Crippen LogP contribution in [0.5, 0.6) is 11.5 Å². The van der Waals surface area contributed by atoms with Gasteiger partial charge in [-0.3, -0.25) is 4.79 Å². The highest BCUT2D eigenvalue weighted by Crippen LogP contribution is 2.40. The third kappa shape index (κ3) is 3.63. The van der Waals surface area contributed by atoms with Gasteiger partial charge in [-0.15, -0.1) is 0 Å². The highest BCUT2D eigenvalue weighted by molar-refractivity contribution is 7.89. The molecular formula is C21H22ClNO5S. The van der Waals surface area contributed by atoms with Crippen LogP contribution in [0.25, 0.3) is 0 Å². The molecule has 6 nitrogen and oxygen atoms in total. The number of benzene rings is 2. The summed E-state index contributed by atoms with van der Waals surface area (Å²) in [7, 11) is -2.22. The molecule has 1 fully saturated rings. The Morgan fingerprint density at radius 1 is 1.14 bits per heavy atom. The molecule has 2 aromatic carbocycles. The van der Waals surface area contributed by atoms with Crippen LogP contribution in [0, 0.1) is 6.92 Å². The smallest absolute Gasteiger partial charge is 0.243 e. The molecule has 2 heterocycles. The van der Waals surface area contributed by atoms with E-state index in [4.69, 9.17) is 21.1 Å². The van der Waals surface area contributed by atoms with Gasteiger partial charge in [0.1, 0.15) is 17.1 Å². The van der Waals surface area contributed by atoms with Gasteiger partial charge in [-0.25, -0.2) is 8.42 Å². The molecule has 2 aliphatic rings. The number of aryl methyl sites for hydroxylation is 1. The molecule has 0 unspecified atom stereocenters. The number of hydrogen-bond acceptors (Lipinski definition) is 5. The molecule has 0 aromatic heterocycles. The summed E-state index contributed by atoms with van der Waals surface area (Å²) >= 11 is 6.10. The van der Waals surface area contributed by atoms with Crippen molar-refractivity contribution >= 4 is 27.4 Å². The van der Waals surface area contributed by atoms with Gasteiger partial charge >= 0.3 is 0 Å². The molecule has 29 heavy (non-hydrogen) atoms. The third-order valence-electron chi connectivity index (χ3n) is 5.64. The quantitative estimate of drug-likeness (QED) is 0.732. The maximum atomic E-state index is 13.0. The van der Waals surface area contributed by atoms with Crippen LogP contribution in [0.4, 0.5) is 0 Å². The van der Waals surface area contributed by atoms with E-state index in [-0.39, 0.29) is 35.2 Å². The van der Waals surface area contributed by atoms with E-state index < -0.39 is 15.6 Å². The number of rotatable bonds is 3. The summed E-state index contributed by atoms with van der Waals surface area (Å²) in [5.74, 6) is 1.07. The van der Waals surface area contributed by atoms with Crippen LogP contribution in [0.1, 0.15) is 35.2 Å². The van der Waals surface area contributed by atoms with Gasteiger partial charge in [0.05, 0.1) is 29.0 Å². The standard InChI is InChI=1S/C21H22ClNO5S/c1-14-3-5-16-18(24)13-21(28-20(16)11-14)7-9-23(10-8-21)29(25,26)15-4-6-19(27-2)17(22)12-15/h3-6,11-12H,7-10,13H2,1-2H3. The van der Waals surface area contributed by atoms with Gasteiger partial charge in [-0.05, 0) is 42.8 Å². The minimum atomic E-state index is -3.69. The number of methoxy groups -OCH3 is 1. The number of carbonyl (C=O) groups excluding carboxylic acids is 1. The normalized spacial score (nSPS) is 18.9.